The molecule has 0 aliphatic carbocycles. The Labute approximate surface area is 168 Å². The zero-order chi connectivity index (χ0) is 19.5. The molecule has 2 aromatic carbocycles. The van der Waals surface area contributed by atoms with Crippen LogP contribution in [0, 0.1) is 0 Å². The van der Waals surface area contributed by atoms with Crippen molar-refractivity contribution in [2.45, 2.75) is 6.61 Å². The van der Waals surface area contributed by atoms with Crippen LogP contribution in [0.2, 0.25) is 0 Å². The minimum Gasteiger partial charge on any atom is -0.484 e. The Hall–Kier alpha value is -3.38. The van der Waals surface area contributed by atoms with Gasteiger partial charge in [-0.05, 0) is 17.7 Å². The molecular formula is C23H21N3O3. The van der Waals surface area contributed by atoms with Gasteiger partial charge in [0, 0.05) is 18.5 Å². The number of pyridine rings is 1. The largest absolute Gasteiger partial charge is 0.484 e. The number of hydrogen-bond donors (Lipinski definition) is 0. The molecule has 146 valence electrons. The first-order valence-electron chi connectivity index (χ1n) is 9.71. The predicted octanol–water partition coefficient (Wildman–Crippen LogP) is 4.31. The summed E-state index contributed by atoms with van der Waals surface area (Å²) in [6.45, 7) is 3.54. The summed E-state index contributed by atoms with van der Waals surface area (Å²) in [7, 11) is 0. The van der Waals surface area contributed by atoms with Gasteiger partial charge in [0.25, 0.3) is 0 Å². The first-order valence-corrected chi connectivity index (χ1v) is 9.71. The first kappa shape index (κ1) is 17.7. The third-order valence-electron chi connectivity index (χ3n) is 5.02. The number of morpholine rings is 1. The SMILES string of the molecule is c1ccc(COc2c(N3CCOCC3)ccc3ccc(-c4ncco4)nc23)cc1. The normalized spacial score (nSPS) is 14.3. The van der Waals surface area contributed by atoms with Gasteiger partial charge in [-0.25, -0.2) is 9.97 Å². The number of nitrogens with zero attached hydrogens (tertiary/aromatic N) is 3. The van der Waals surface area contributed by atoms with E-state index in [4.69, 9.17) is 18.9 Å². The maximum absolute atomic E-state index is 6.37. The summed E-state index contributed by atoms with van der Waals surface area (Å²) in [6.07, 6.45) is 3.18. The third kappa shape index (κ3) is 3.67. The summed E-state index contributed by atoms with van der Waals surface area (Å²) in [5, 5.41) is 1.01. The number of ether oxygens (including phenoxy) is 2. The molecule has 3 heterocycles. The summed E-state index contributed by atoms with van der Waals surface area (Å²) in [5.41, 5.74) is 3.64. The van der Waals surface area contributed by atoms with Gasteiger partial charge in [0.05, 0.1) is 25.1 Å². The van der Waals surface area contributed by atoms with Crippen LogP contribution in [-0.4, -0.2) is 36.3 Å². The Balaban J connectivity index is 1.60. The molecular weight excluding hydrogens is 366 g/mol. The predicted molar refractivity (Wildman–Crippen MR) is 111 cm³/mol. The van der Waals surface area contributed by atoms with Crippen LogP contribution in [-0.2, 0) is 11.3 Å². The molecule has 0 bridgehead atoms. The maximum Gasteiger partial charge on any atom is 0.245 e. The van der Waals surface area contributed by atoms with E-state index in [0.717, 1.165) is 41.0 Å². The Morgan fingerprint density at radius 2 is 1.79 bits per heavy atom. The molecule has 6 heteroatoms. The second kappa shape index (κ2) is 7.93. The number of hydrogen-bond acceptors (Lipinski definition) is 6. The highest BCUT2D eigenvalue weighted by Crippen LogP contribution is 2.37. The van der Waals surface area contributed by atoms with Crippen molar-refractivity contribution in [1.29, 1.82) is 0 Å². The highest BCUT2D eigenvalue weighted by molar-refractivity contribution is 5.91. The molecule has 0 atom stereocenters. The first-order chi connectivity index (χ1) is 14.4. The van der Waals surface area contributed by atoms with Crippen molar-refractivity contribution in [2.24, 2.45) is 0 Å². The van der Waals surface area contributed by atoms with Gasteiger partial charge in [-0.15, -0.1) is 0 Å². The smallest absolute Gasteiger partial charge is 0.245 e. The Kier molecular flexibility index (Phi) is 4.84. The molecule has 1 saturated heterocycles. The molecule has 29 heavy (non-hydrogen) atoms. The van der Waals surface area contributed by atoms with Crippen LogP contribution in [0.1, 0.15) is 5.56 Å². The lowest BCUT2D eigenvalue weighted by atomic mass is 10.1. The molecule has 2 aromatic heterocycles. The molecule has 1 fully saturated rings. The summed E-state index contributed by atoms with van der Waals surface area (Å²) < 4.78 is 17.3. The van der Waals surface area contributed by atoms with E-state index in [-0.39, 0.29) is 0 Å². The molecule has 0 spiro atoms. The van der Waals surface area contributed by atoms with Crippen LogP contribution in [0.3, 0.4) is 0 Å². The van der Waals surface area contributed by atoms with E-state index in [1.54, 1.807) is 12.5 Å². The number of rotatable bonds is 5. The second-order valence-electron chi connectivity index (χ2n) is 6.89. The molecule has 0 amide bonds. The minimum atomic E-state index is 0.474. The number of aromatic nitrogens is 2. The molecule has 1 aliphatic rings. The van der Waals surface area contributed by atoms with Gasteiger partial charge in [0.2, 0.25) is 5.89 Å². The Bertz CT molecular complexity index is 1090. The zero-order valence-electron chi connectivity index (χ0n) is 16.0. The van der Waals surface area contributed by atoms with Crippen LogP contribution in [0.25, 0.3) is 22.5 Å². The standard InChI is InChI=1S/C23H21N3O3/c1-2-4-17(5-3-1)16-29-22-20(26-11-14-27-15-12-26)9-7-18-6-8-19(25-21(18)22)23-24-10-13-28-23/h1-10,13H,11-12,14-16H2. The van der Waals surface area contributed by atoms with E-state index in [1.807, 2.05) is 30.3 Å². The third-order valence-corrected chi connectivity index (χ3v) is 5.02. The molecule has 5 rings (SSSR count). The van der Waals surface area contributed by atoms with Crippen LogP contribution in [0.15, 0.2) is 71.5 Å². The number of benzene rings is 2. The summed E-state index contributed by atoms with van der Waals surface area (Å²) in [4.78, 5) is 11.4. The molecule has 4 aromatic rings. The van der Waals surface area contributed by atoms with Gasteiger partial charge in [-0.3, -0.25) is 0 Å². The van der Waals surface area contributed by atoms with Gasteiger partial charge in [0.15, 0.2) is 5.75 Å². The lowest BCUT2D eigenvalue weighted by molar-refractivity contribution is 0.122. The van der Waals surface area contributed by atoms with E-state index in [1.165, 1.54) is 0 Å². The highest BCUT2D eigenvalue weighted by Gasteiger charge is 2.20. The average Bonchev–Trinajstić information content (AvgIpc) is 3.33. The van der Waals surface area contributed by atoms with Gasteiger partial charge < -0.3 is 18.8 Å². The quantitative estimate of drug-likeness (QED) is 0.509. The zero-order valence-corrected chi connectivity index (χ0v) is 16.0. The fourth-order valence-electron chi connectivity index (χ4n) is 3.55. The van der Waals surface area contributed by atoms with Crippen molar-refractivity contribution in [3.63, 3.8) is 0 Å². The van der Waals surface area contributed by atoms with Crippen LogP contribution in [0.5, 0.6) is 5.75 Å². The highest BCUT2D eigenvalue weighted by atomic mass is 16.5. The molecule has 0 unspecified atom stereocenters. The second-order valence-corrected chi connectivity index (χ2v) is 6.89. The van der Waals surface area contributed by atoms with E-state index < -0.39 is 0 Å². The van der Waals surface area contributed by atoms with Crippen LogP contribution >= 0.6 is 0 Å². The van der Waals surface area contributed by atoms with Gasteiger partial charge in [-0.2, -0.15) is 0 Å². The lowest BCUT2D eigenvalue weighted by Crippen LogP contribution is -2.36. The summed E-state index contributed by atoms with van der Waals surface area (Å²) >= 11 is 0. The monoisotopic (exact) mass is 387 g/mol. The maximum atomic E-state index is 6.37. The van der Waals surface area contributed by atoms with E-state index in [0.29, 0.717) is 31.4 Å². The van der Waals surface area contributed by atoms with Crippen molar-refractivity contribution < 1.29 is 13.9 Å². The molecule has 0 N–H and O–H groups in total. The van der Waals surface area contributed by atoms with Crippen LogP contribution in [0.4, 0.5) is 5.69 Å². The number of fused-ring (bicyclic) bond motifs is 1. The summed E-state index contributed by atoms with van der Waals surface area (Å²) in [5.74, 6) is 1.28. The Morgan fingerprint density at radius 3 is 2.59 bits per heavy atom. The Morgan fingerprint density at radius 1 is 0.966 bits per heavy atom. The van der Waals surface area contributed by atoms with Crippen molar-refractivity contribution in [3.05, 3.63) is 72.6 Å². The molecule has 0 radical (unpaired) electrons. The summed E-state index contributed by atoms with van der Waals surface area (Å²) in [6, 6.07) is 18.3. The molecule has 1 aliphatic heterocycles. The minimum absolute atomic E-state index is 0.474. The van der Waals surface area contributed by atoms with E-state index >= 15 is 0 Å². The van der Waals surface area contributed by atoms with E-state index in [2.05, 4.69) is 34.1 Å². The topological polar surface area (TPSA) is 60.6 Å². The van der Waals surface area contributed by atoms with Gasteiger partial charge >= 0.3 is 0 Å². The fraction of sp³-hybridized carbons (Fsp3) is 0.217. The molecule has 6 nitrogen and oxygen atoms in total. The fourth-order valence-corrected chi connectivity index (χ4v) is 3.55. The van der Waals surface area contributed by atoms with Crippen LogP contribution < -0.4 is 9.64 Å². The van der Waals surface area contributed by atoms with Crippen molar-refractivity contribution >= 4 is 16.6 Å². The number of anilines is 1. The van der Waals surface area contributed by atoms with Crippen molar-refractivity contribution in [1.82, 2.24) is 9.97 Å². The van der Waals surface area contributed by atoms with Crippen molar-refractivity contribution in [2.75, 3.05) is 31.2 Å². The number of oxazole rings is 1. The van der Waals surface area contributed by atoms with Crippen molar-refractivity contribution in [3.8, 4) is 17.3 Å². The lowest BCUT2D eigenvalue weighted by Gasteiger charge is -2.30. The van der Waals surface area contributed by atoms with Gasteiger partial charge in [0.1, 0.15) is 24.1 Å². The average molecular weight is 387 g/mol. The van der Waals surface area contributed by atoms with Gasteiger partial charge in [-0.1, -0.05) is 42.5 Å². The molecule has 0 saturated carbocycles. The van der Waals surface area contributed by atoms with E-state index in [9.17, 15) is 0 Å².